The van der Waals surface area contributed by atoms with Crippen LogP contribution in [0.5, 0.6) is 0 Å². The van der Waals surface area contributed by atoms with Gasteiger partial charge in [0, 0.05) is 33.1 Å². The molecule has 0 unspecified atom stereocenters. The van der Waals surface area contributed by atoms with Gasteiger partial charge in [0.15, 0.2) is 0 Å². The highest BCUT2D eigenvalue weighted by Gasteiger charge is 2.36. The van der Waals surface area contributed by atoms with E-state index in [0.29, 0.717) is 0 Å². The first kappa shape index (κ1) is 31.6. The van der Waals surface area contributed by atoms with Crippen LogP contribution in [0.15, 0.2) is 192 Å². The minimum absolute atomic E-state index is 0.141. The quantitative estimate of drug-likeness (QED) is 0.166. The van der Waals surface area contributed by atoms with Gasteiger partial charge in [-0.15, -0.1) is 0 Å². The van der Waals surface area contributed by atoms with Gasteiger partial charge in [-0.25, -0.2) is 0 Å². The number of furan rings is 1. The molecule has 1 aromatic heterocycles. The van der Waals surface area contributed by atoms with Gasteiger partial charge in [0.05, 0.1) is 5.69 Å². The molecule has 2 heteroatoms. The van der Waals surface area contributed by atoms with E-state index in [9.17, 15) is 0 Å². The molecule has 2 nitrogen and oxygen atoms in total. The molecule has 11 rings (SSSR count). The van der Waals surface area contributed by atoms with Gasteiger partial charge >= 0.3 is 0 Å². The van der Waals surface area contributed by atoms with E-state index >= 15 is 0 Å². The van der Waals surface area contributed by atoms with Gasteiger partial charge in [-0.05, 0) is 109 Å². The topological polar surface area (TPSA) is 16.4 Å². The van der Waals surface area contributed by atoms with Crippen molar-refractivity contribution in [1.29, 1.82) is 0 Å². The van der Waals surface area contributed by atoms with Crippen LogP contribution >= 0.6 is 0 Å². The summed E-state index contributed by atoms with van der Waals surface area (Å²) in [5, 5.41) is 7.18. The first-order chi connectivity index (χ1) is 27.0. The smallest absolute Gasteiger partial charge is 0.136 e. The molecule has 0 spiro atoms. The van der Waals surface area contributed by atoms with Crippen LogP contribution in [-0.2, 0) is 5.41 Å². The normalized spacial score (nSPS) is 13.1. The Balaban J connectivity index is 1.21. The number of benzene rings is 9. The zero-order valence-corrected chi connectivity index (χ0v) is 30.8. The lowest BCUT2D eigenvalue weighted by Crippen LogP contribution is -2.17. The molecule has 9 aromatic carbocycles. The summed E-state index contributed by atoms with van der Waals surface area (Å²) in [6, 6.07) is 68.5. The Morgan fingerprint density at radius 1 is 0.418 bits per heavy atom. The molecule has 0 amide bonds. The number of nitrogens with zero attached hydrogens (tertiary/aromatic N) is 1. The van der Waals surface area contributed by atoms with Crippen LogP contribution in [0.1, 0.15) is 25.0 Å². The Morgan fingerprint density at radius 3 is 1.91 bits per heavy atom. The highest BCUT2D eigenvalue weighted by atomic mass is 16.3. The van der Waals surface area contributed by atoms with Gasteiger partial charge in [0.2, 0.25) is 0 Å². The fourth-order valence-corrected chi connectivity index (χ4v) is 9.13. The fourth-order valence-electron chi connectivity index (χ4n) is 9.13. The van der Waals surface area contributed by atoms with E-state index in [2.05, 4.69) is 207 Å². The molecule has 0 N–H and O–H groups in total. The Labute approximate surface area is 320 Å². The van der Waals surface area contributed by atoms with Crippen molar-refractivity contribution in [2.24, 2.45) is 0 Å². The maximum absolute atomic E-state index is 6.59. The molecule has 0 saturated heterocycles. The second-order valence-corrected chi connectivity index (χ2v) is 15.3. The molecule has 1 heterocycles. The van der Waals surface area contributed by atoms with Crippen LogP contribution in [0.25, 0.3) is 76.9 Å². The first-order valence-corrected chi connectivity index (χ1v) is 19.1. The van der Waals surface area contributed by atoms with Crippen molar-refractivity contribution < 1.29 is 4.42 Å². The molecule has 0 bridgehead atoms. The van der Waals surface area contributed by atoms with Crippen molar-refractivity contribution in [2.75, 3.05) is 4.90 Å². The van der Waals surface area contributed by atoms with Crippen LogP contribution in [0.2, 0.25) is 0 Å². The van der Waals surface area contributed by atoms with E-state index in [1.807, 2.05) is 0 Å². The minimum atomic E-state index is -0.141. The minimum Gasteiger partial charge on any atom is -0.456 e. The second-order valence-electron chi connectivity index (χ2n) is 15.3. The van der Waals surface area contributed by atoms with Gasteiger partial charge in [0.1, 0.15) is 11.2 Å². The third-order valence-electron chi connectivity index (χ3n) is 11.9. The van der Waals surface area contributed by atoms with Gasteiger partial charge in [-0.1, -0.05) is 153 Å². The Hall–Kier alpha value is -6.90. The van der Waals surface area contributed by atoms with Crippen molar-refractivity contribution in [2.45, 2.75) is 19.3 Å². The van der Waals surface area contributed by atoms with Crippen LogP contribution in [0, 0.1) is 0 Å². The van der Waals surface area contributed by atoms with Gasteiger partial charge < -0.3 is 9.32 Å². The Morgan fingerprint density at radius 2 is 1.05 bits per heavy atom. The summed E-state index contributed by atoms with van der Waals surface area (Å²) < 4.78 is 6.59. The molecule has 10 aromatic rings. The van der Waals surface area contributed by atoms with Crippen molar-refractivity contribution >= 4 is 60.5 Å². The predicted molar refractivity (Wildman–Crippen MR) is 232 cm³/mol. The summed E-state index contributed by atoms with van der Waals surface area (Å²) >= 11 is 0. The first-order valence-electron chi connectivity index (χ1n) is 19.1. The van der Waals surface area contributed by atoms with Crippen LogP contribution in [0.3, 0.4) is 0 Å². The summed E-state index contributed by atoms with van der Waals surface area (Å²) in [7, 11) is 0. The molecule has 55 heavy (non-hydrogen) atoms. The lowest BCUT2D eigenvalue weighted by atomic mass is 9.82. The zero-order valence-electron chi connectivity index (χ0n) is 30.8. The summed E-state index contributed by atoms with van der Waals surface area (Å²) in [5.74, 6) is 0. The Kier molecular flexibility index (Phi) is 6.93. The molecular weight excluding hydrogens is 667 g/mol. The molecule has 0 aliphatic heterocycles. The third-order valence-corrected chi connectivity index (χ3v) is 11.9. The molecule has 0 fully saturated rings. The number of para-hydroxylation sites is 1. The summed E-state index contributed by atoms with van der Waals surface area (Å²) in [6.45, 7) is 4.71. The van der Waals surface area contributed by atoms with Crippen molar-refractivity contribution in [1.82, 2.24) is 0 Å². The van der Waals surface area contributed by atoms with Crippen molar-refractivity contribution in [3.63, 3.8) is 0 Å². The highest BCUT2D eigenvalue weighted by molar-refractivity contribution is 6.18. The molecule has 260 valence electrons. The Bertz CT molecular complexity index is 3110. The zero-order chi connectivity index (χ0) is 36.7. The maximum Gasteiger partial charge on any atom is 0.136 e. The van der Waals surface area contributed by atoms with Crippen LogP contribution < -0.4 is 4.90 Å². The number of anilines is 3. The highest BCUT2D eigenvalue weighted by Crippen LogP contribution is 2.52. The fraction of sp³-hybridized carbons (Fsp3) is 0.0566. The van der Waals surface area contributed by atoms with Gasteiger partial charge in [0.25, 0.3) is 0 Å². The lowest BCUT2D eigenvalue weighted by Gasteiger charge is -2.30. The molecule has 0 saturated carbocycles. The molecule has 1 aliphatic carbocycles. The van der Waals surface area contributed by atoms with Crippen LogP contribution in [0.4, 0.5) is 17.1 Å². The summed E-state index contributed by atoms with van der Waals surface area (Å²) in [4.78, 5) is 2.46. The molecule has 0 atom stereocenters. The van der Waals surface area contributed by atoms with Gasteiger partial charge in [-0.3, -0.25) is 0 Å². The van der Waals surface area contributed by atoms with Crippen molar-refractivity contribution in [3.8, 4) is 33.4 Å². The van der Waals surface area contributed by atoms with E-state index in [1.54, 1.807) is 0 Å². The van der Waals surface area contributed by atoms with E-state index in [0.717, 1.165) is 50.1 Å². The van der Waals surface area contributed by atoms with E-state index < -0.39 is 0 Å². The maximum atomic E-state index is 6.59. The number of fused-ring (bicyclic) bond motifs is 9. The average Bonchev–Trinajstić information content (AvgIpc) is 3.73. The SMILES string of the molecule is CC1(C)c2ccccc2-c2ccc(N(c3ccc(-c4ccccc4)cc3)c3ccc4oc5ccccc5c4c3-c3ccc4ccc5ccccc5c4c3)cc21. The number of rotatable bonds is 5. The van der Waals surface area contributed by atoms with Crippen molar-refractivity contribution in [3.05, 3.63) is 199 Å². The second kappa shape index (κ2) is 12.1. The lowest BCUT2D eigenvalue weighted by molar-refractivity contribution is 0.660. The summed E-state index contributed by atoms with van der Waals surface area (Å²) in [6.07, 6.45) is 0. The van der Waals surface area contributed by atoms with E-state index in [-0.39, 0.29) is 5.41 Å². The monoisotopic (exact) mass is 703 g/mol. The van der Waals surface area contributed by atoms with E-state index in [4.69, 9.17) is 4.42 Å². The van der Waals surface area contributed by atoms with E-state index in [1.165, 1.54) is 54.9 Å². The van der Waals surface area contributed by atoms with Gasteiger partial charge in [-0.2, -0.15) is 0 Å². The third kappa shape index (κ3) is 4.88. The average molecular weight is 704 g/mol. The molecule has 0 radical (unpaired) electrons. The summed E-state index contributed by atoms with van der Waals surface area (Å²) in [5.41, 5.74) is 15.0. The predicted octanol–water partition coefficient (Wildman–Crippen LogP) is 15.0. The number of hydrogen-bond donors (Lipinski definition) is 0. The molecular formula is C53H37NO. The van der Waals surface area contributed by atoms with Crippen LogP contribution in [-0.4, -0.2) is 0 Å². The molecule has 1 aliphatic rings. The number of hydrogen-bond acceptors (Lipinski definition) is 2. The standard InChI is InChI=1S/C53H37NO/c1-53(2)46-18-10-8-16-42(46)43-29-28-40(33-47(43)53)54(39-26-24-35(25-27-39)34-12-4-3-5-13-34)48-30-31-50-52(44-17-9-11-19-49(44)55-50)51(48)38-23-22-37-21-20-36-14-6-7-15-41(36)45(37)32-38/h3-33H,1-2H3. The largest absolute Gasteiger partial charge is 0.456 e.